The van der Waals surface area contributed by atoms with E-state index in [1.807, 2.05) is 4.90 Å². The lowest BCUT2D eigenvalue weighted by molar-refractivity contribution is 0.195. The quantitative estimate of drug-likeness (QED) is 0.508. The molecule has 0 aromatic heterocycles. The number of carbonyl (C=O) groups is 2. The van der Waals surface area contributed by atoms with Gasteiger partial charge >= 0.3 is 12.1 Å². The molecule has 0 rings (SSSR count). The minimum atomic E-state index is -0.495. The molecule has 0 aromatic rings. The molecule has 0 fully saturated rings. The first-order chi connectivity index (χ1) is 9.61. The van der Waals surface area contributed by atoms with Gasteiger partial charge in [-0.25, -0.2) is 9.59 Å². The smallest absolute Gasteiger partial charge is 0.317 e. The minimum absolute atomic E-state index is 0.0229. The van der Waals surface area contributed by atoms with E-state index >= 15 is 0 Å². The van der Waals surface area contributed by atoms with Gasteiger partial charge in [-0.05, 0) is 25.7 Å². The fourth-order valence-corrected chi connectivity index (χ4v) is 1.79. The first-order valence-corrected chi connectivity index (χ1v) is 7.67. The molecule has 0 bridgehead atoms. The highest BCUT2D eigenvalue weighted by atomic mass is 16.2. The van der Waals surface area contributed by atoms with E-state index in [-0.39, 0.29) is 6.03 Å². The molecule has 0 aliphatic rings. The molecule has 0 radical (unpaired) electrons. The molecule has 0 heterocycles. The number of nitrogens with zero attached hydrogens (tertiary/aromatic N) is 1. The Balaban J connectivity index is 3.93. The van der Waals surface area contributed by atoms with Gasteiger partial charge in [0.05, 0.1) is 0 Å². The van der Waals surface area contributed by atoms with Crippen molar-refractivity contribution in [2.75, 3.05) is 26.2 Å². The second-order valence-corrected chi connectivity index (χ2v) is 4.92. The van der Waals surface area contributed by atoms with Crippen molar-refractivity contribution in [2.24, 2.45) is 5.73 Å². The summed E-state index contributed by atoms with van der Waals surface area (Å²) in [6.45, 7) is 7.03. The minimum Gasteiger partial charge on any atom is -0.352 e. The lowest BCUT2D eigenvalue weighted by Crippen LogP contribution is -2.41. The summed E-state index contributed by atoms with van der Waals surface area (Å²) in [5.41, 5.74) is 4.99. The number of nitrogens with two attached hydrogens (primary N) is 1. The average molecular weight is 286 g/mol. The summed E-state index contributed by atoms with van der Waals surface area (Å²) in [7, 11) is 0. The first-order valence-electron chi connectivity index (χ1n) is 7.67. The van der Waals surface area contributed by atoms with Crippen molar-refractivity contribution in [1.82, 2.24) is 15.5 Å². The third-order valence-electron chi connectivity index (χ3n) is 3.03. The van der Waals surface area contributed by atoms with Gasteiger partial charge < -0.3 is 21.3 Å². The van der Waals surface area contributed by atoms with Gasteiger partial charge in [-0.1, -0.05) is 26.7 Å². The molecule has 0 aromatic carbocycles. The molecule has 0 saturated heterocycles. The zero-order chi connectivity index (χ0) is 15.2. The maximum Gasteiger partial charge on any atom is 0.317 e. The topological polar surface area (TPSA) is 87.5 Å². The molecule has 0 unspecified atom stereocenters. The van der Waals surface area contributed by atoms with Gasteiger partial charge in [0.1, 0.15) is 0 Å². The second kappa shape index (κ2) is 12.6. The van der Waals surface area contributed by atoms with Crippen LogP contribution in [0.15, 0.2) is 0 Å². The molecule has 118 valence electrons. The maximum absolute atomic E-state index is 12.0. The van der Waals surface area contributed by atoms with Crippen molar-refractivity contribution >= 4 is 12.1 Å². The Morgan fingerprint density at radius 2 is 1.50 bits per heavy atom. The van der Waals surface area contributed by atoms with Gasteiger partial charge in [-0.3, -0.25) is 0 Å². The van der Waals surface area contributed by atoms with E-state index in [0.29, 0.717) is 6.54 Å². The highest BCUT2D eigenvalue weighted by Crippen LogP contribution is 2.00. The summed E-state index contributed by atoms with van der Waals surface area (Å²) in [4.78, 5) is 24.4. The first kappa shape index (κ1) is 18.5. The Labute approximate surface area is 122 Å². The molecule has 0 aliphatic carbocycles. The fraction of sp³-hybridized carbons (Fsp3) is 0.857. The van der Waals surface area contributed by atoms with Crippen LogP contribution in [0.3, 0.4) is 0 Å². The molecule has 6 heteroatoms. The second-order valence-electron chi connectivity index (χ2n) is 4.92. The van der Waals surface area contributed by atoms with E-state index in [0.717, 1.165) is 58.2 Å². The maximum atomic E-state index is 12.0. The average Bonchev–Trinajstić information content (AvgIpc) is 2.41. The molecule has 6 nitrogen and oxygen atoms in total. The highest BCUT2D eigenvalue weighted by Gasteiger charge is 2.11. The molecule has 20 heavy (non-hydrogen) atoms. The number of unbranched alkanes of at least 4 members (excludes halogenated alkanes) is 3. The largest absolute Gasteiger partial charge is 0.352 e. The summed E-state index contributed by atoms with van der Waals surface area (Å²) >= 11 is 0. The van der Waals surface area contributed by atoms with Gasteiger partial charge in [0.25, 0.3) is 0 Å². The normalized spacial score (nSPS) is 10.1. The third kappa shape index (κ3) is 10.5. The zero-order valence-corrected chi connectivity index (χ0v) is 12.9. The van der Waals surface area contributed by atoms with Crippen LogP contribution in [-0.2, 0) is 0 Å². The summed E-state index contributed by atoms with van der Waals surface area (Å²) in [6, 6.07) is -0.472. The van der Waals surface area contributed by atoms with Crippen LogP contribution in [0, 0.1) is 0 Å². The van der Waals surface area contributed by atoms with Crippen LogP contribution in [0.2, 0.25) is 0 Å². The Kier molecular flexibility index (Phi) is 11.7. The van der Waals surface area contributed by atoms with Crippen LogP contribution >= 0.6 is 0 Å². The lowest BCUT2D eigenvalue weighted by atomic mass is 10.2. The van der Waals surface area contributed by atoms with Gasteiger partial charge in [-0.2, -0.15) is 0 Å². The van der Waals surface area contributed by atoms with Crippen LogP contribution in [0.25, 0.3) is 0 Å². The van der Waals surface area contributed by atoms with Crippen LogP contribution in [0.4, 0.5) is 9.59 Å². The van der Waals surface area contributed by atoms with Crippen LogP contribution < -0.4 is 16.4 Å². The van der Waals surface area contributed by atoms with Crippen molar-refractivity contribution < 1.29 is 9.59 Å². The number of primary amides is 1. The summed E-state index contributed by atoms with van der Waals surface area (Å²) < 4.78 is 0. The lowest BCUT2D eigenvalue weighted by Gasteiger charge is -2.23. The van der Waals surface area contributed by atoms with Gasteiger partial charge in [0, 0.05) is 26.2 Å². The number of urea groups is 2. The number of carbonyl (C=O) groups excluding carboxylic acids is 2. The highest BCUT2D eigenvalue weighted by molar-refractivity contribution is 5.74. The van der Waals surface area contributed by atoms with E-state index in [9.17, 15) is 9.59 Å². The third-order valence-corrected chi connectivity index (χ3v) is 3.03. The zero-order valence-electron chi connectivity index (χ0n) is 12.9. The van der Waals surface area contributed by atoms with Crippen molar-refractivity contribution in [2.45, 2.75) is 52.4 Å². The van der Waals surface area contributed by atoms with Gasteiger partial charge in [0.15, 0.2) is 0 Å². The SMILES string of the molecule is CCCCNC(=O)N(CCCC)CCCCNC(N)=O. The van der Waals surface area contributed by atoms with Gasteiger partial charge in [0.2, 0.25) is 0 Å². The van der Waals surface area contributed by atoms with Crippen LogP contribution in [-0.4, -0.2) is 43.1 Å². The van der Waals surface area contributed by atoms with Gasteiger partial charge in [-0.15, -0.1) is 0 Å². The van der Waals surface area contributed by atoms with Crippen molar-refractivity contribution in [3.8, 4) is 0 Å². The fourth-order valence-electron chi connectivity index (χ4n) is 1.79. The monoisotopic (exact) mass is 286 g/mol. The Morgan fingerprint density at radius 1 is 0.900 bits per heavy atom. The molecule has 4 N–H and O–H groups in total. The molecule has 4 amide bonds. The number of nitrogens with one attached hydrogen (secondary N) is 2. The number of amides is 4. The van der Waals surface area contributed by atoms with Crippen LogP contribution in [0.5, 0.6) is 0 Å². The molecule has 0 aliphatic heterocycles. The summed E-state index contributed by atoms with van der Waals surface area (Å²) in [6.07, 6.45) is 5.87. The van der Waals surface area contributed by atoms with E-state index < -0.39 is 6.03 Å². The van der Waals surface area contributed by atoms with Crippen LogP contribution in [0.1, 0.15) is 52.4 Å². The van der Waals surface area contributed by atoms with E-state index in [4.69, 9.17) is 5.73 Å². The number of hydrogen-bond acceptors (Lipinski definition) is 2. The predicted octanol–water partition coefficient (Wildman–Crippen LogP) is 2.05. The Hall–Kier alpha value is -1.46. The molecule has 0 spiro atoms. The standard InChI is InChI=1S/C14H30N4O2/c1-3-5-9-17-14(20)18(11-6-4-2)12-8-7-10-16-13(15)19/h3-12H2,1-2H3,(H,17,20)(H3,15,16,19). The predicted molar refractivity (Wildman–Crippen MR) is 81.6 cm³/mol. The number of rotatable bonds is 11. The summed E-state index contributed by atoms with van der Waals surface area (Å²) in [5, 5.41) is 5.50. The Bertz CT molecular complexity index is 272. The molecular formula is C14H30N4O2. The molecule has 0 atom stereocenters. The molecular weight excluding hydrogens is 256 g/mol. The Morgan fingerprint density at radius 3 is 2.10 bits per heavy atom. The molecule has 0 saturated carbocycles. The number of hydrogen-bond donors (Lipinski definition) is 3. The summed E-state index contributed by atoms with van der Waals surface area (Å²) in [5.74, 6) is 0. The van der Waals surface area contributed by atoms with Crippen molar-refractivity contribution in [3.05, 3.63) is 0 Å². The van der Waals surface area contributed by atoms with Crippen molar-refractivity contribution in [3.63, 3.8) is 0 Å². The van der Waals surface area contributed by atoms with E-state index in [2.05, 4.69) is 24.5 Å². The van der Waals surface area contributed by atoms with E-state index in [1.54, 1.807) is 0 Å². The van der Waals surface area contributed by atoms with Crippen molar-refractivity contribution in [1.29, 1.82) is 0 Å². The van der Waals surface area contributed by atoms with E-state index in [1.165, 1.54) is 0 Å².